The van der Waals surface area contributed by atoms with Crippen LogP contribution >= 0.6 is 0 Å². The smallest absolute Gasteiger partial charge is 0.243 e. The Morgan fingerprint density at radius 2 is 1.68 bits per heavy atom. The van der Waals surface area contributed by atoms with E-state index in [1.807, 2.05) is 62.4 Å². The van der Waals surface area contributed by atoms with E-state index >= 15 is 0 Å². The molecule has 4 heteroatoms. The van der Waals surface area contributed by atoms with Gasteiger partial charge in [-0.05, 0) is 36.6 Å². The largest absolute Gasteiger partial charge is 0.347 e. The molecule has 0 radical (unpaired) electrons. The minimum atomic E-state index is -0.227. The van der Waals surface area contributed by atoms with Crippen molar-refractivity contribution in [3.8, 4) is 0 Å². The average molecular weight is 296 g/mol. The highest BCUT2D eigenvalue weighted by molar-refractivity contribution is 5.95. The highest BCUT2D eigenvalue weighted by atomic mass is 16.2. The van der Waals surface area contributed by atoms with Gasteiger partial charge in [0.05, 0.1) is 13.0 Å². The lowest BCUT2D eigenvalue weighted by atomic mass is 10.1. The summed E-state index contributed by atoms with van der Waals surface area (Å²) in [5, 5.41) is 5.45. The molecule has 0 bridgehead atoms. The van der Waals surface area contributed by atoms with E-state index in [4.69, 9.17) is 0 Å². The van der Waals surface area contributed by atoms with E-state index in [1.54, 1.807) is 0 Å². The third-order valence-electron chi connectivity index (χ3n) is 3.32. The van der Waals surface area contributed by atoms with Crippen LogP contribution in [0.15, 0.2) is 48.5 Å². The van der Waals surface area contributed by atoms with E-state index in [0.717, 1.165) is 22.4 Å². The van der Waals surface area contributed by atoms with Gasteiger partial charge in [-0.3, -0.25) is 9.59 Å². The fraction of sp³-hybridized carbons (Fsp3) is 0.222. The van der Waals surface area contributed by atoms with E-state index < -0.39 is 0 Å². The maximum Gasteiger partial charge on any atom is 0.243 e. The summed E-state index contributed by atoms with van der Waals surface area (Å²) in [6.45, 7) is 3.87. The van der Waals surface area contributed by atoms with Crippen LogP contribution < -0.4 is 10.6 Å². The van der Waals surface area contributed by atoms with E-state index in [2.05, 4.69) is 10.6 Å². The molecule has 0 saturated heterocycles. The molecule has 2 N–H and O–H groups in total. The monoisotopic (exact) mass is 296 g/mol. The Bertz CT molecular complexity index is 666. The quantitative estimate of drug-likeness (QED) is 0.891. The molecule has 0 aliphatic heterocycles. The molecule has 0 atom stereocenters. The van der Waals surface area contributed by atoms with Crippen LogP contribution in [0.25, 0.3) is 0 Å². The Morgan fingerprint density at radius 3 is 2.41 bits per heavy atom. The number of anilines is 1. The summed E-state index contributed by atoms with van der Waals surface area (Å²) in [4.78, 5) is 23.7. The van der Waals surface area contributed by atoms with Gasteiger partial charge in [0.25, 0.3) is 0 Å². The number of hydrogen-bond donors (Lipinski definition) is 2. The van der Waals surface area contributed by atoms with Gasteiger partial charge < -0.3 is 10.6 Å². The van der Waals surface area contributed by atoms with Crippen LogP contribution in [0.1, 0.15) is 16.7 Å². The molecule has 0 aliphatic rings. The molecule has 0 aromatic heterocycles. The average Bonchev–Trinajstić information content (AvgIpc) is 2.50. The predicted octanol–water partition coefficient (Wildman–Crippen LogP) is 2.60. The van der Waals surface area contributed by atoms with E-state index in [1.165, 1.54) is 0 Å². The summed E-state index contributed by atoms with van der Waals surface area (Å²) in [5.74, 6) is -0.391. The van der Waals surface area contributed by atoms with Crippen molar-refractivity contribution in [1.82, 2.24) is 5.32 Å². The third kappa shape index (κ3) is 4.74. The molecule has 0 fully saturated rings. The van der Waals surface area contributed by atoms with Gasteiger partial charge in [0.2, 0.25) is 11.8 Å². The number of rotatable bonds is 5. The van der Waals surface area contributed by atoms with Crippen molar-refractivity contribution >= 4 is 17.5 Å². The Balaban J connectivity index is 1.82. The maximum atomic E-state index is 11.9. The molecule has 22 heavy (non-hydrogen) atoms. The Labute approximate surface area is 130 Å². The normalized spacial score (nSPS) is 10.1. The zero-order valence-electron chi connectivity index (χ0n) is 12.8. The molecule has 114 valence electrons. The maximum absolute atomic E-state index is 11.9. The van der Waals surface area contributed by atoms with Gasteiger partial charge in [-0.15, -0.1) is 0 Å². The molecule has 2 rings (SSSR count). The van der Waals surface area contributed by atoms with E-state index in [0.29, 0.717) is 0 Å². The predicted molar refractivity (Wildman–Crippen MR) is 87.7 cm³/mol. The van der Waals surface area contributed by atoms with E-state index in [9.17, 15) is 9.59 Å². The number of aryl methyl sites for hydroxylation is 2. The Hall–Kier alpha value is -2.62. The minimum Gasteiger partial charge on any atom is -0.347 e. The lowest BCUT2D eigenvalue weighted by molar-refractivity contribution is -0.123. The van der Waals surface area contributed by atoms with Crippen LogP contribution in [0.5, 0.6) is 0 Å². The molecule has 2 amide bonds. The van der Waals surface area contributed by atoms with Crippen LogP contribution in [-0.4, -0.2) is 18.4 Å². The number of carbonyl (C=O) groups is 2. The second kappa shape index (κ2) is 7.41. The molecule has 0 heterocycles. The number of hydrogen-bond acceptors (Lipinski definition) is 2. The second-order valence-corrected chi connectivity index (χ2v) is 5.31. The number of carbonyl (C=O) groups excluding carboxylic acids is 2. The summed E-state index contributed by atoms with van der Waals surface area (Å²) in [7, 11) is 0. The first-order valence-corrected chi connectivity index (χ1v) is 7.22. The molecular formula is C18H20N2O2. The first-order valence-electron chi connectivity index (χ1n) is 7.22. The van der Waals surface area contributed by atoms with Crippen LogP contribution in [0.2, 0.25) is 0 Å². The van der Waals surface area contributed by atoms with Gasteiger partial charge in [-0.1, -0.05) is 42.5 Å². The number of nitrogens with one attached hydrogen (secondary N) is 2. The molecular weight excluding hydrogens is 276 g/mol. The zero-order chi connectivity index (χ0) is 15.9. The fourth-order valence-corrected chi connectivity index (χ4v) is 2.09. The van der Waals surface area contributed by atoms with Gasteiger partial charge >= 0.3 is 0 Å². The summed E-state index contributed by atoms with van der Waals surface area (Å²) in [6, 6.07) is 15.3. The van der Waals surface area contributed by atoms with Crippen molar-refractivity contribution in [3.63, 3.8) is 0 Å². The van der Waals surface area contributed by atoms with Crippen molar-refractivity contribution in [2.45, 2.75) is 20.3 Å². The van der Waals surface area contributed by atoms with Gasteiger partial charge in [0.15, 0.2) is 0 Å². The molecule has 2 aromatic rings. The van der Waals surface area contributed by atoms with Crippen molar-refractivity contribution < 1.29 is 9.59 Å². The van der Waals surface area contributed by atoms with Crippen molar-refractivity contribution in [2.24, 2.45) is 0 Å². The highest BCUT2D eigenvalue weighted by Crippen LogP contribution is 2.15. The first-order chi connectivity index (χ1) is 10.5. The van der Waals surface area contributed by atoms with Gasteiger partial charge in [0.1, 0.15) is 0 Å². The van der Waals surface area contributed by atoms with Crippen molar-refractivity contribution in [3.05, 3.63) is 65.2 Å². The number of benzene rings is 2. The molecule has 0 saturated carbocycles. The van der Waals surface area contributed by atoms with E-state index in [-0.39, 0.29) is 24.8 Å². The Kier molecular flexibility index (Phi) is 5.31. The summed E-state index contributed by atoms with van der Waals surface area (Å²) in [5.41, 5.74) is 3.78. The van der Waals surface area contributed by atoms with Gasteiger partial charge in [-0.2, -0.15) is 0 Å². The lowest BCUT2D eigenvalue weighted by Crippen LogP contribution is -2.33. The summed E-state index contributed by atoms with van der Waals surface area (Å²) < 4.78 is 0. The fourth-order valence-electron chi connectivity index (χ4n) is 2.09. The SMILES string of the molecule is Cc1ccc(C)c(NC(=O)CNC(=O)Cc2ccccc2)c1. The second-order valence-electron chi connectivity index (χ2n) is 5.31. The first kappa shape index (κ1) is 15.8. The third-order valence-corrected chi connectivity index (χ3v) is 3.32. The summed E-state index contributed by atoms with van der Waals surface area (Å²) >= 11 is 0. The lowest BCUT2D eigenvalue weighted by Gasteiger charge is -2.10. The topological polar surface area (TPSA) is 58.2 Å². The highest BCUT2D eigenvalue weighted by Gasteiger charge is 2.08. The van der Waals surface area contributed by atoms with Crippen LogP contribution in [0.4, 0.5) is 5.69 Å². The van der Waals surface area contributed by atoms with Crippen molar-refractivity contribution in [2.75, 3.05) is 11.9 Å². The van der Waals surface area contributed by atoms with Crippen molar-refractivity contribution in [1.29, 1.82) is 0 Å². The standard InChI is InChI=1S/C18H20N2O2/c1-13-8-9-14(2)16(10-13)20-18(22)12-19-17(21)11-15-6-4-3-5-7-15/h3-10H,11-12H2,1-2H3,(H,19,21)(H,20,22). The number of amides is 2. The molecule has 2 aromatic carbocycles. The minimum absolute atomic E-state index is 0.0287. The molecule has 0 spiro atoms. The van der Waals surface area contributed by atoms with Gasteiger partial charge in [-0.25, -0.2) is 0 Å². The molecule has 4 nitrogen and oxygen atoms in total. The van der Waals surface area contributed by atoms with Crippen LogP contribution in [0, 0.1) is 13.8 Å². The van der Waals surface area contributed by atoms with Crippen LogP contribution in [-0.2, 0) is 16.0 Å². The summed E-state index contributed by atoms with van der Waals surface area (Å²) in [6.07, 6.45) is 0.275. The van der Waals surface area contributed by atoms with Crippen LogP contribution in [0.3, 0.4) is 0 Å². The molecule has 0 aliphatic carbocycles. The zero-order valence-corrected chi connectivity index (χ0v) is 12.8. The molecule has 0 unspecified atom stereocenters. The Morgan fingerprint density at radius 1 is 0.955 bits per heavy atom. The van der Waals surface area contributed by atoms with Gasteiger partial charge in [0, 0.05) is 5.69 Å².